The average Bonchev–Trinajstić information content (AvgIpc) is 2.76. The van der Waals surface area contributed by atoms with Gasteiger partial charge in [-0.15, -0.1) is 5.10 Å². The maximum atomic E-state index is 5.43. The van der Waals surface area contributed by atoms with Crippen molar-refractivity contribution in [2.75, 3.05) is 5.43 Å². The molecule has 0 spiro atoms. The van der Waals surface area contributed by atoms with E-state index < -0.39 is 0 Å². The molecule has 3 aromatic rings. The number of hydrogen-bond acceptors (Lipinski definition) is 4. The van der Waals surface area contributed by atoms with E-state index in [1.54, 1.807) is 16.9 Å². The summed E-state index contributed by atoms with van der Waals surface area (Å²) in [4.78, 5) is 4.25. The number of nitrogens with one attached hydrogen (secondary N) is 1. The zero-order valence-electron chi connectivity index (χ0n) is 7.88. The Bertz CT molecular complexity index is 628. The van der Waals surface area contributed by atoms with Crippen molar-refractivity contribution in [3.63, 3.8) is 0 Å². The van der Waals surface area contributed by atoms with Crippen molar-refractivity contribution in [1.29, 1.82) is 0 Å². The van der Waals surface area contributed by atoms with Gasteiger partial charge in [0, 0.05) is 23.2 Å². The van der Waals surface area contributed by atoms with Gasteiger partial charge in [-0.3, -0.25) is 0 Å². The summed E-state index contributed by atoms with van der Waals surface area (Å²) in [6, 6.07) is 7.88. The molecule has 15 heavy (non-hydrogen) atoms. The number of benzene rings is 1. The molecule has 0 aliphatic heterocycles. The molecule has 0 amide bonds. The Labute approximate surface area is 85.5 Å². The van der Waals surface area contributed by atoms with E-state index in [0.29, 0.717) is 5.82 Å². The molecule has 5 heteroatoms. The van der Waals surface area contributed by atoms with Gasteiger partial charge in [0.2, 0.25) is 0 Å². The molecule has 2 aromatic heterocycles. The minimum atomic E-state index is 0.649. The molecule has 1 aromatic carbocycles. The van der Waals surface area contributed by atoms with Crippen LogP contribution < -0.4 is 11.3 Å². The van der Waals surface area contributed by atoms with Crippen LogP contribution in [0.15, 0.2) is 36.7 Å². The molecule has 0 atom stereocenters. The Hall–Kier alpha value is -2.14. The number of fused-ring (bicyclic) bond motifs is 3. The van der Waals surface area contributed by atoms with Crippen molar-refractivity contribution >= 4 is 22.2 Å². The summed E-state index contributed by atoms with van der Waals surface area (Å²) >= 11 is 0. The normalized spacial score (nSPS) is 11.0. The zero-order valence-corrected chi connectivity index (χ0v) is 7.88. The van der Waals surface area contributed by atoms with Crippen LogP contribution in [0.2, 0.25) is 0 Å². The molecule has 0 radical (unpaired) electrons. The fourth-order valence-electron chi connectivity index (χ4n) is 1.72. The van der Waals surface area contributed by atoms with E-state index >= 15 is 0 Å². The average molecular weight is 199 g/mol. The van der Waals surface area contributed by atoms with Crippen molar-refractivity contribution in [2.45, 2.75) is 0 Å². The van der Waals surface area contributed by atoms with Crippen LogP contribution in [-0.2, 0) is 0 Å². The molecule has 0 bridgehead atoms. The molecule has 5 nitrogen and oxygen atoms in total. The third kappa shape index (κ3) is 1.07. The van der Waals surface area contributed by atoms with E-state index in [1.807, 2.05) is 24.3 Å². The van der Waals surface area contributed by atoms with Crippen LogP contribution in [0.5, 0.6) is 0 Å². The van der Waals surface area contributed by atoms with Gasteiger partial charge in [0.05, 0.1) is 0 Å². The molecule has 0 fully saturated rings. The van der Waals surface area contributed by atoms with Gasteiger partial charge in [0.1, 0.15) is 0 Å². The first kappa shape index (κ1) is 8.19. The first-order valence-electron chi connectivity index (χ1n) is 4.59. The number of aromatic nitrogens is 3. The van der Waals surface area contributed by atoms with Crippen LogP contribution in [0.3, 0.4) is 0 Å². The van der Waals surface area contributed by atoms with E-state index in [1.165, 1.54) is 0 Å². The van der Waals surface area contributed by atoms with Gasteiger partial charge >= 0.3 is 0 Å². The fraction of sp³-hybridized carbons (Fsp3) is 0. The van der Waals surface area contributed by atoms with Gasteiger partial charge in [0.15, 0.2) is 11.5 Å². The summed E-state index contributed by atoms with van der Waals surface area (Å²) in [5.41, 5.74) is 3.43. The maximum Gasteiger partial charge on any atom is 0.168 e. The predicted molar refractivity (Wildman–Crippen MR) is 58.3 cm³/mol. The lowest BCUT2D eigenvalue weighted by Gasteiger charge is -2.05. The van der Waals surface area contributed by atoms with Crippen molar-refractivity contribution in [3.05, 3.63) is 36.7 Å². The van der Waals surface area contributed by atoms with Gasteiger partial charge < -0.3 is 5.43 Å². The number of nitrogens with zero attached hydrogens (tertiary/aromatic N) is 3. The second-order valence-electron chi connectivity index (χ2n) is 3.23. The molecule has 3 rings (SSSR count). The molecule has 0 aliphatic rings. The van der Waals surface area contributed by atoms with Crippen LogP contribution in [-0.4, -0.2) is 14.6 Å². The number of nitrogens with two attached hydrogens (primary N) is 1. The fourth-order valence-corrected chi connectivity index (χ4v) is 1.72. The van der Waals surface area contributed by atoms with Crippen LogP contribution in [0.25, 0.3) is 16.4 Å². The Balaban J connectivity index is 2.58. The molecule has 0 unspecified atom stereocenters. The molecule has 0 saturated carbocycles. The lowest BCUT2D eigenvalue weighted by Crippen LogP contribution is -2.11. The summed E-state index contributed by atoms with van der Waals surface area (Å²) in [6.45, 7) is 0. The van der Waals surface area contributed by atoms with E-state index in [4.69, 9.17) is 5.84 Å². The third-order valence-electron chi connectivity index (χ3n) is 2.39. The molecular formula is C10H9N5. The summed E-state index contributed by atoms with van der Waals surface area (Å²) in [7, 11) is 0. The SMILES string of the molecule is NNc1nn2ccnc2c2ccccc12. The molecular weight excluding hydrogens is 190 g/mol. The predicted octanol–water partition coefficient (Wildman–Crippen LogP) is 1.17. The molecule has 3 N–H and O–H groups in total. The Morgan fingerprint density at radius 3 is 2.80 bits per heavy atom. The molecule has 0 saturated heterocycles. The minimum absolute atomic E-state index is 0.649. The Kier molecular flexibility index (Phi) is 1.60. The summed E-state index contributed by atoms with van der Waals surface area (Å²) in [5, 5.41) is 6.30. The van der Waals surface area contributed by atoms with Gasteiger partial charge in [-0.25, -0.2) is 15.3 Å². The topological polar surface area (TPSA) is 68.2 Å². The van der Waals surface area contributed by atoms with Crippen LogP contribution in [0.4, 0.5) is 5.82 Å². The second-order valence-corrected chi connectivity index (χ2v) is 3.23. The van der Waals surface area contributed by atoms with E-state index in [9.17, 15) is 0 Å². The van der Waals surface area contributed by atoms with Gasteiger partial charge in [0.25, 0.3) is 0 Å². The Morgan fingerprint density at radius 1 is 1.20 bits per heavy atom. The highest BCUT2D eigenvalue weighted by molar-refractivity contribution is 5.99. The van der Waals surface area contributed by atoms with E-state index in [0.717, 1.165) is 16.4 Å². The van der Waals surface area contributed by atoms with Crippen molar-refractivity contribution in [3.8, 4) is 0 Å². The lowest BCUT2D eigenvalue weighted by atomic mass is 10.2. The van der Waals surface area contributed by atoms with Gasteiger partial charge in [-0.1, -0.05) is 24.3 Å². The first-order valence-corrected chi connectivity index (χ1v) is 4.59. The summed E-state index contributed by atoms with van der Waals surface area (Å²) in [6.07, 6.45) is 3.51. The quantitative estimate of drug-likeness (QED) is 0.456. The number of imidazole rings is 1. The third-order valence-corrected chi connectivity index (χ3v) is 2.39. The standard InChI is InChI=1S/C10H9N5/c11-13-9-7-3-1-2-4-8(7)10-12-5-6-15(10)14-9/h1-6H,11H2,(H,13,14). The van der Waals surface area contributed by atoms with Crippen LogP contribution >= 0.6 is 0 Å². The number of hydrazine groups is 1. The van der Waals surface area contributed by atoms with Crippen LogP contribution in [0, 0.1) is 0 Å². The number of rotatable bonds is 1. The first-order chi connectivity index (χ1) is 7.40. The van der Waals surface area contributed by atoms with Gasteiger partial charge in [-0.2, -0.15) is 0 Å². The number of hydrogen-bond donors (Lipinski definition) is 2. The number of nitrogen functional groups attached to an aromatic ring is 1. The molecule has 74 valence electrons. The van der Waals surface area contributed by atoms with Crippen molar-refractivity contribution < 1.29 is 0 Å². The van der Waals surface area contributed by atoms with Crippen LogP contribution in [0.1, 0.15) is 0 Å². The summed E-state index contributed by atoms with van der Waals surface area (Å²) < 4.78 is 1.71. The van der Waals surface area contributed by atoms with E-state index in [-0.39, 0.29) is 0 Å². The zero-order chi connectivity index (χ0) is 10.3. The smallest absolute Gasteiger partial charge is 0.168 e. The van der Waals surface area contributed by atoms with Crippen molar-refractivity contribution in [2.24, 2.45) is 5.84 Å². The molecule has 2 heterocycles. The van der Waals surface area contributed by atoms with E-state index in [2.05, 4.69) is 15.5 Å². The van der Waals surface area contributed by atoms with Crippen molar-refractivity contribution in [1.82, 2.24) is 14.6 Å². The highest BCUT2D eigenvalue weighted by Gasteiger charge is 2.06. The highest BCUT2D eigenvalue weighted by Crippen LogP contribution is 2.23. The second kappa shape index (κ2) is 2.93. The highest BCUT2D eigenvalue weighted by atomic mass is 15.3. The van der Waals surface area contributed by atoms with Gasteiger partial charge in [-0.05, 0) is 0 Å². The maximum absolute atomic E-state index is 5.43. The Morgan fingerprint density at radius 2 is 2.00 bits per heavy atom. The minimum Gasteiger partial charge on any atom is -0.307 e. The monoisotopic (exact) mass is 199 g/mol. The molecule has 0 aliphatic carbocycles. The lowest BCUT2D eigenvalue weighted by molar-refractivity contribution is 0.945. The number of anilines is 1. The summed E-state index contributed by atoms with van der Waals surface area (Å²) in [5.74, 6) is 6.08. The largest absolute Gasteiger partial charge is 0.307 e.